The van der Waals surface area contributed by atoms with Crippen LogP contribution in [0.1, 0.15) is 19.4 Å². The number of carbonyl (C=O) groups excluding carboxylic acids is 1. The Balaban J connectivity index is 2.55. The molecule has 0 fully saturated rings. The van der Waals surface area contributed by atoms with Crippen molar-refractivity contribution in [3.05, 3.63) is 34.1 Å². The van der Waals surface area contributed by atoms with Gasteiger partial charge < -0.3 is 10.6 Å². The minimum Gasteiger partial charge on any atom is -0.353 e. The first-order valence-electron chi connectivity index (χ1n) is 6.33. The summed E-state index contributed by atoms with van der Waals surface area (Å²) >= 11 is 3.22. The monoisotopic (exact) mass is 330 g/mol. The van der Waals surface area contributed by atoms with Gasteiger partial charge in [-0.15, -0.1) is 0 Å². The number of carbonyl (C=O) groups is 1. The Bertz CT molecular complexity index is 439. The number of rotatable bonds is 6. The number of hydrogen-bond donors (Lipinski definition) is 2. The third-order valence-electron chi connectivity index (χ3n) is 2.89. The number of nitrogens with one attached hydrogen (secondary N) is 2. The number of benzene rings is 1. The van der Waals surface area contributed by atoms with Crippen molar-refractivity contribution in [1.82, 2.24) is 10.6 Å². The molecule has 0 saturated heterocycles. The lowest BCUT2D eigenvalue weighted by Crippen LogP contribution is -2.40. The molecule has 0 radical (unpaired) electrons. The third kappa shape index (κ3) is 5.28. The lowest BCUT2D eigenvalue weighted by molar-refractivity contribution is -0.124. The molecule has 0 aliphatic heterocycles. The third-order valence-corrected chi connectivity index (χ3v) is 3.38. The van der Waals surface area contributed by atoms with Crippen LogP contribution in [0.15, 0.2) is 22.7 Å². The summed E-state index contributed by atoms with van der Waals surface area (Å²) < 4.78 is 14.4. The van der Waals surface area contributed by atoms with Crippen LogP contribution >= 0.6 is 15.9 Å². The van der Waals surface area contributed by atoms with E-state index in [1.165, 1.54) is 6.07 Å². The van der Waals surface area contributed by atoms with Crippen molar-refractivity contribution in [2.24, 2.45) is 5.92 Å². The zero-order chi connectivity index (χ0) is 14.4. The van der Waals surface area contributed by atoms with E-state index in [1.54, 1.807) is 12.1 Å². The summed E-state index contributed by atoms with van der Waals surface area (Å²) in [6.45, 7) is 4.37. The maximum atomic E-state index is 13.7. The molecule has 1 aromatic rings. The van der Waals surface area contributed by atoms with Crippen molar-refractivity contribution >= 4 is 21.8 Å². The molecule has 5 heteroatoms. The van der Waals surface area contributed by atoms with Gasteiger partial charge in [-0.3, -0.25) is 4.79 Å². The molecule has 106 valence electrons. The van der Waals surface area contributed by atoms with E-state index in [1.807, 2.05) is 20.9 Å². The van der Waals surface area contributed by atoms with Crippen LogP contribution in [0.25, 0.3) is 0 Å². The summed E-state index contributed by atoms with van der Waals surface area (Å²) in [4.78, 5) is 11.8. The molecule has 0 saturated carbocycles. The molecule has 0 aliphatic rings. The minimum absolute atomic E-state index is 0.0145. The van der Waals surface area contributed by atoms with Gasteiger partial charge >= 0.3 is 0 Å². The first-order chi connectivity index (χ1) is 8.93. The van der Waals surface area contributed by atoms with Gasteiger partial charge in [0.1, 0.15) is 5.82 Å². The zero-order valence-corrected chi connectivity index (χ0v) is 13.1. The summed E-state index contributed by atoms with van der Waals surface area (Å²) in [5, 5.41) is 5.86. The predicted molar refractivity (Wildman–Crippen MR) is 78.5 cm³/mol. The van der Waals surface area contributed by atoms with Gasteiger partial charge in [-0.1, -0.05) is 28.9 Å². The topological polar surface area (TPSA) is 41.1 Å². The maximum absolute atomic E-state index is 13.7. The average Bonchev–Trinajstić information content (AvgIpc) is 2.33. The molecular formula is C14H20BrFN2O. The van der Waals surface area contributed by atoms with Gasteiger partial charge in [0.05, 0.1) is 0 Å². The van der Waals surface area contributed by atoms with E-state index in [0.29, 0.717) is 23.0 Å². The standard InChI is InChI=1S/C14H20BrFN2O/c1-9(8-17-3)14(19)18-10(2)6-11-4-5-12(15)7-13(11)16/h4-5,7,9-10,17H,6,8H2,1-3H3,(H,18,19)/t9-,10-/m0/s1. The maximum Gasteiger partial charge on any atom is 0.224 e. The van der Waals surface area contributed by atoms with Crippen molar-refractivity contribution in [2.75, 3.05) is 13.6 Å². The van der Waals surface area contributed by atoms with Crippen molar-refractivity contribution in [1.29, 1.82) is 0 Å². The fourth-order valence-electron chi connectivity index (χ4n) is 1.85. The van der Waals surface area contributed by atoms with Crippen LogP contribution in [0.4, 0.5) is 4.39 Å². The zero-order valence-electron chi connectivity index (χ0n) is 11.5. The van der Waals surface area contributed by atoms with Crippen LogP contribution in [0.5, 0.6) is 0 Å². The molecule has 0 bridgehead atoms. The van der Waals surface area contributed by atoms with Crippen molar-refractivity contribution < 1.29 is 9.18 Å². The first-order valence-corrected chi connectivity index (χ1v) is 7.12. The SMILES string of the molecule is CNC[C@H](C)C(=O)N[C@@H](C)Cc1ccc(Br)cc1F. The van der Waals surface area contributed by atoms with Crippen LogP contribution < -0.4 is 10.6 Å². The average molecular weight is 331 g/mol. The summed E-state index contributed by atoms with van der Waals surface area (Å²) in [7, 11) is 1.81. The highest BCUT2D eigenvalue weighted by Crippen LogP contribution is 2.16. The largest absolute Gasteiger partial charge is 0.353 e. The molecule has 2 N–H and O–H groups in total. The van der Waals surface area contributed by atoms with Crippen molar-refractivity contribution in [2.45, 2.75) is 26.3 Å². The molecule has 1 aromatic carbocycles. The van der Waals surface area contributed by atoms with E-state index in [2.05, 4.69) is 26.6 Å². The normalized spacial score (nSPS) is 13.9. The quantitative estimate of drug-likeness (QED) is 0.841. The van der Waals surface area contributed by atoms with Gasteiger partial charge in [0.2, 0.25) is 5.91 Å². The summed E-state index contributed by atoms with van der Waals surface area (Å²) in [6.07, 6.45) is 0.483. The van der Waals surface area contributed by atoms with Gasteiger partial charge in [-0.05, 0) is 38.1 Å². The Morgan fingerprint density at radius 3 is 2.68 bits per heavy atom. The lowest BCUT2D eigenvalue weighted by Gasteiger charge is -2.17. The van der Waals surface area contributed by atoms with Gasteiger partial charge in [-0.2, -0.15) is 0 Å². The molecule has 0 aromatic heterocycles. The Kier molecular flexibility index (Phi) is 6.45. The highest BCUT2D eigenvalue weighted by Gasteiger charge is 2.15. The summed E-state index contributed by atoms with van der Waals surface area (Å²) in [5.74, 6) is -0.361. The molecule has 1 amide bonds. The molecule has 0 heterocycles. The van der Waals surface area contributed by atoms with E-state index in [-0.39, 0.29) is 23.7 Å². The molecule has 0 spiro atoms. The Hall–Kier alpha value is -0.940. The number of hydrogen-bond acceptors (Lipinski definition) is 2. The summed E-state index contributed by atoms with van der Waals surface area (Å²) in [5.41, 5.74) is 0.609. The van der Waals surface area contributed by atoms with E-state index in [0.717, 1.165) is 0 Å². The van der Waals surface area contributed by atoms with Crippen molar-refractivity contribution in [3.63, 3.8) is 0 Å². The number of halogens is 2. The second kappa shape index (κ2) is 7.60. The highest BCUT2D eigenvalue weighted by molar-refractivity contribution is 9.10. The number of amides is 1. The van der Waals surface area contributed by atoms with E-state index in [9.17, 15) is 9.18 Å². The smallest absolute Gasteiger partial charge is 0.224 e. The minimum atomic E-state index is -0.251. The van der Waals surface area contributed by atoms with Gasteiger partial charge in [0.15, 0.2) is 0 Å². The van der Waals surface area contributed by atoms with Crippen LogP contribution in [-0.4, -0.2) is 25.5 Å². The fraction of sp³-hybridized carbons (Fsp3) is 0.500. The van der Waals surface area contributed by atoms with E-state index in [4.69, 9.17) is 0 Å². The van der Waals surface area contributed by atoms with Gasteiger partial charge in [0.25, 0.3) is 0 Å². The Morgan fingerprint density at radius 2 is 2.11 bits per heavy atom. The molecule has 0 unspecified atom stereocenters. The van der Waals surface area contributed by atoms with Gasteiger partial charge in [0, 0.05) is 23.0 Å². The molecule has 19 heavy (non-hydrogen) atoms. The summed E-state index contributed by atoms with van der Waals surface area (Å²) in [6, 6.07) is 4.88. The predicted octanol–water partition coefficient (Wildman–Crippen LogP) is 2.49. The highest BCUT2D eigenvalue weighted by atomic mass is 79.9. The van der Waals surface area contributed by atoms with E-state index >= 15 is 0 Å². The molecular weight excluding hydrogens is 311 g/mol. The van der Waals surface area contributed by atoms with Gasteiger partial charge in [-0.25, -0.2) is 4.39 Å². The van der Waals surface area contributed by atoms with Crippen LogP contribution in [-0.2, 0) is 11.2 Å². The molecule has 1 rings (SSSR count). The fourth-order valence-corrected chi connectivity index (χ4v) is 2.19. The van der Waals surface area contributed by atoms with Crippen LogP contribution in [0.3, 0.4) is 0 Å². The Labute approximate surface area is 122 Å². The van der Waals surface area contributed by atoms with Crippen LogP contribution in [0, 0.1) is 11.7 Å². The van der Waals surface area contributed by atoms with Crippen LogP contribution in [0.2, 0.25) is 0 Å². The molecule has 2 atom stereocenters. The molecule has 0 aliphatic carbocycles. The van der Waals surface area contributed by atoms with E-state index < -0.39 is 0 Å². The first kappa shape index (κ1) is 16.1. The second-order valence-corrected chi connectivity index (χ2v) is 5.72. The lowest BCUT2D eigenvalue weighted by atomic mass is 10.1. The molecule has 3 nitrogen and oxygen atoms in total. The van der Waals surface area contributed by atoms with Crippen molar-refractivity contribution in [3.8, 4) is 0 Å². The second-order valence-electron chi connectivity index (χ2n) is 4.81. The Morgan fingerprint density at radius 1 is 1.42 bits per heavy atom.